The first-order valence-corrected chi connectivity index (χ1v) is 8.32. The Labute approximate surface area is 123 Å². The summed E-state index contributed by atoms with van der Waals surface area (Å²) in [5.74, 6) is 0.336. The molecule has 2 aromatic rings. The number of nitrogens with zero attached hydrogens (tertiary/aromatic N) is 1. The smallest absolute Gasteiger partial charge is 0.179 e. The number of benzene rings is 1. The molecule has 1 N–H and O–H groups in total. The van der Waals surface area contributed by atoms with Crippen molar-refractivity contribution in [3.05, 3.63) is 53.2 Å². The second kappa shape index (κ2) is 5.81. The molecule has 6 heteroatoms. The average Bonchev–Trinajstić information content (AvgIpc) is 2.38. The second-order valence-corrected chi connectivity index (χ2v) is 6.90. The van der Waals surface area contributed by atoms with Crippen LogP contribution in [-0.4, -0.2) is 19.7 Å². The van der Waals surface area contributed by atoms with Gasteiger partial charge in [0.15, 0.2) is 9.84 Å². The van der Waals surface area contributed by atoms with Crippen LogP contribution in [-0.2, 0) is 9.84 Å². The fraction of sp³-hybridized carbons (Fsp3) is 0.214. The average molecular weight is 311 g/mol. The summed E-state index contributed by atoms with van der Waals surface area (Å²) >= 11 is 6.14. The van der Waals surface area contributed by atoms with E-state index in [0.29, 0.717) is 10.8 Å². The molecule has 0 saturated heterocycles. The van der Waals surface area contributed by atoms with Gasteiger partial charge in [-0.3, -0.25) is 0 Å². The molecule has 0 aliphatic carbocycles. The van der Waals surface area contributed by atoms with E-state index in [1.54, 1.807) is 18.3 Å². The Morgan fingerprint density at radius 2 is 1.90 bits per heavy atom. The summed E-state index contributed by atoms with van der Waals surface area (Å²) in [6.45, 7) is 1.90. The number of sulfone groups is 1. The van der Waals surface area contributed by atoms with Crippen molar-refractivity contribution >= 4 is 27.3 Å². The number of halogens is 1. The van der Waals surface area contributed by atoms with E-state index in [1.165, 1.54) is 6.07 Å². The van der Waals surface area contributed by atoms with Crippen LogP contribution in [0, 0.1) is 0 Å². The zero-order valence-corrected chi connectivity index (χ0v) is 12.7. The van der Waals surface area contributed by atoms with Gasteiger partial charge in [-0.2, -0.15) is 0 Å². The number of rotatable bonds is 4. The van der Waals surface area contributed by atoms with Crippen LogP contribution in [0.3, 0.4) is 0 Å². The van der Waals surface area contributed by atoms with Crippen molar-refractivity contribution in [1.29, 1.82) is 0 Å². The quantitative estimate of drug-likeness (QED) is 0.941. The van der Waals surface area contributed by atoms with E-state index in [-0.39, 0.29) is 10.9 Å². The Bertz CT molecular complexity index is 717. The van der Waals surface area contributed by atoms with Crippen molar-refractivity contribution in [1.82, 2.24) is 4.98 Å². The largest absolute Gasteiger partial charge is 0.362 e. The van der Waals surface area contributed by atoms with Crippen molar-refractivity contribution in [2.24, 2.45) is 0 Å². The maximum Gasteiger partial charge on any atom is 0.179 e. The van der Waals surface area contributed by atoms with Crippen molar-refractivity contribution in [2.75, 3.05) is 11.6 Å². The van der Waals surface area contributed by atoms with Gasteiger partial charge in [-0.1, -0.05) is 29.8 Å². The van der Waals surface area contributed by atoms with Gasteiger partial charge in [-0.05, 0) is 30.7 Å². The molecular weight excluding hydrogens is 296 g/mol. The Balaban J connectivity index is 2.34. The SMILES string of the molecule is CC(Nc1ncccc1S(C)(=O)=O)c1ccccc1Cl. The van der Waals surface area contributed by atoms with E-state index in [2.05, 4.69) is 10.3 Å². The van der Waals surface area contributed by atoms with Gasteiger partial charge in [0.05, 0.1) is 6.04 Å². The minimum Gasteiger partial charge on any atom is -0.362 e. The van der Waals surface area contributed by atoms with Crippen LogP contribution in [0.25, 0.3) is 0 Å². The van der Waals surface area contributed by atoms with E-state index in [1.807, 2.05) is 25.1 Å². The number of hydrogen-bond acceptors (Lipinski definition) is 4. The van der Waals surface area contributed by atoms with Gasteiger partial charge in [0.25, 0.3) is 0 Å². The third-order valence-electron chi connectivity index (χ3n) is 2.90. The molecule has 4 nitrogen and oxygen atoms in total. The summed E-state index contributed by atoms with van der Waals surface area (Å²) in [7, 11) is -3.33. The second-order valence-electron chi connectivity index (χ2n) is 4.51. The lowest BCUT2D eigenvalue weighted by atomic mass is 10.1. The molecule has 2 rings (SSSR count). The maximum atomic E-state index is 11.7. The number of hydrogen-bond donors (Lipinski definition) is 1. The molecule has 20 heavy (non-hydrogen) atoms. The van der Waals surface area contributed by atoms with Crippen LogP contribution in [0.4, 0.5) is 5.82 Å². The first kappa shape index (κ1) is 14.8. The topological polar surface area (TPSA) is 59.1 Å². The van der Waals surface area contributed by atoms with Crippen molar-refractivity contribution < 1.29 is 8.42 Å². The summed E-state index contributed by atoms with van der Waals surface area (Å²) in [5.41, 5.74) is 0.888. The van der Waals surface area contributed by atoms with Crippen LogP contribution >= 0.6 is 11.6 Å². The van der Waals surface area contributed by atoms with E-state index >= 15 is 0 Å². The van der Waals surface area contributed by atoms with Gasteiger partial charge < -0.3 is 5.32 Å². The van der Waals surface area contributed by atoms with Crippen LogP contribution in [0.15, 0.2) is 47.5 Å². The highest BCUT2D eigenvalue weighted by Crippen LogP contribution is 2.27. The maximum absolute atomic E-state index is 11.7. The lowest BCUT2D eigenvalue weighted by molar-refractivity contribution is 0.601. The summed E-state index contributed by atoms with van der Waals surface area (Å²) in [5, 5.41) is 3.73. The van der Waals surface area contributed by atoms with Gasteiger partial charge >= 0.3 is 0 Å². The third kappa shape index (κ3) is 3.29. The molecule has 0 spiro atoms. The monoisotopic (exact) mass is 310 g/mol. The van der Waals surface area contributed by atoms with Gasteiger partial charge in [-0.25, -0.2) is 13.4 Å². The van der Waals surface area contributed by atoms with Gasteiger partial charge in [0.2, 0.25) is 0 Å². The lowest BCUT2D eigenvalue weighted by Gasteiger charge is -2.17. The molecule has 1 aromatic carbocycles. The lowest BCUT2D eigenvalue weighted by Crippen LogP contribution is -2.12. The highest BCUT2D eigenvalue weighted by molar-refractivity contribution is 7.90. The standard InChI is InChI=1S/C14H15ClN2O2S/c1-10(11-6-3-4-7-12(11)15)17-14-13(20(2,18)19)8-5-9-16-14/h3-10H,1-2H3,(H,16,17). The highest BCUT2D eigenvalue weighted by atomic mass is 35.5. The minimum atomic E-state index is -3.33. The molecule has 0 aliphatic rings. The van der Waals surface area contributed by atoms with Crippen molar-refractivity contribution in [3.63, 3.8) is 0 Å². The Kier molecular flexibility index (Phi) is 4.30. The van der Waals surface area contributed by atoms with Gasteiger partial charge in [0.1, 0.15) is 10.7 Å². The molecule has 1 heterocycles. The van der Waals surface area contributed by atoms with E-state index < -0.39 is 9.84 Å². The summed E-state index contributed by atoms with van der Waals surface area (Å²) in [6, 6.07) is 10.4. The molecule has 0 radical (unpaired) electrons. The molecule has 0 amide bonds. The normalized spacial score (nSPS) is 12.9. The minimum absolute atomic E-state index is 0.154. The Morgan fingerprint density at radius 1 is 1.20 bits per heavy atom. The number of nitrogens with one attached hydrogen (secondary N) is 1. The summed E-state index contributed by atoms with van der Waals surface area (Å²) in [4.78, 5) is 4.29. The number of pyridine rings is 1. The zero-order chi connectivity index (χ0) is 14.8. The van der Waals surface area contributed by atoms with Crippen LogP contribution in [0.5, 0.6) is 0 Å². The van der Waals surface area contributed by atoms with Gasteiger partial charge in [0, 0.05) is 17.5 Å². The third-order valence-corrected chi connectivity index (χ3v) is 4.37. The Morgan fingerprint density at radius 3 is 2.55 bits per heavy atom. The van der Waals surface area contributed by atoms with Crippen LogP contribution in [0.2, 0.25) is 5.02 Å². The first-order chi connectivity index (χ1) is 9.39. The van der Waals surface area contributed by atoms with Gasteiger partial charge in [-0.15, -0.1) is 0 Å². The number of anilines is 1. The summed E-state index contributed by atoms with van der Waals surface area (Å²) in [6.07, 6.45) is 2.71. The molecule has 1 aromatic heterocycles. The Hall–Kier alpha value is -1.59. The molecule has 0 saturated carbocycles. The summed E-state index contributed by atoms with van der Waals surface area (Å²) < 4.78 is 23.5. The fourth-order valence-electron chi connectivity index (χ4n) is 1.91. The van der Waals surface area contributed by atoms with E-state index in [0.717, 1.165) is 11.8 Å². The molecule has 0 aliphatic heterocycles. The molecule has 0 fully saturated rings. The van der Waals surface area contributed by atoms with Crippen LogP contribution in [0.1, 0.15) is 18.5 Å². The predicted octanol–water partition coefficient (Wildman–Crippen LogP) is 3.31. The predicted molar refractivity (Wildman–Crippen MR) is 80.8 cm³/mol. The van der Waals surface area contributed by atoms with Crippen LogP contribution < -0.4 is 5.32 Å². The van der Waals surface area contributed by atoms with Crippen molar-refractivity contribution in [2.45, 2.75) is 17.9 Å². The highest BCUT2D eigenvalue weighted by Gasteiger charge is 2.17. The molecule has 1 atom stereocenters. The first-order valence-electron chi connectivity index (χ1n) is 6.05. The van der Waals surface area contributed by atoms with E-state index in [9.17, 15) is 8.42 Å². The molecule has 106 valence electrons. The molecular formula is C14H15ClN2O2S. The number of aromatic nitrogens is 1. The van der Waals surface area contributed by atoms with Crippen molar-refractivity contribution in [3.8, 4) is 0 Å². The molecule has 0 bridgehead atoms. The van der Waals surface area contributed by atoms with E-state index in [4.69, 9.17) is 11.6 Å². The molecule has 1 unspecified atom stereocenters. The zero-order valence-electron chi connectivity index (χ0n) is 11.2. The fourth-order valence-corrected chi connectivity index (χ4v) is 3.00.